The van der Waals surface area contributed by atoms with Gasteiger partial charge in [-0.3, -0.25) is 0 Å². The summed E-state index contributed by atoms with van der Waals surface area (Å²) in [7, 11) is -2.24. The van der Waals surface area contributed by atoms with Gasteiger partial charge in [0.15, 0.2) is 0 Å². The Balaban J connectivity index is 2.45. The van der Waals surface area contributed by atoms with Gasteiger partial charge in [0.2, 0.25) is 0 Å². The summed E-state index contributed by atoms with van der Waals surface area (Å²) in [5, 5.41) is 1.04. The fraction of sp³-hybridized carbons (Fsp3) is 0.429. The molecular weight excluding hydrogens is 215 g/mol. The molecule has 2 heteroatoms. The molecule has 0 radical (unpaired) electrons. The van der Waals surface area contributed by atoms with Crippen molar-refractivity contribution in [3.8, 4) is 0 Å². The van der Waals surface area contributed by atoms with Crippen LogP contribution in [0.25, 0.3) is 0 Å². The Morgan fingerprint density at radius 1 is 1.25 bits per heavy atom. The molecule has 0 amide bonds. The lowest BCUT2D eigenvalue weighted by molar-refractivity contribution is 0.558. The summed E-state index contributed by atoms with van der Waals surface area (Å²) in [5.74, 6) is 0.449. The number of allylic oxidation sites excluding steroid dienone is 2. The molecule has 1 nitrogen and oxygen atoms in total. The van der Waals surface area contributed by atoms with Gasteiger partial charge < -0.3 is 4.57 Å². The van der Waals surface area contributed by atoms with Gasteiger partial charge in [0.05, 0.1) is 0 Å². The molecule has 1 heterocycles. The van der Waals surface area contributed by atoms with E-state index in [0.717, 1.165) is 11.5 Å². The van der Waals surface area contributed by atoms with E-state index in [2.05, 4.69) is 26.8 Å². The quantitative estimate of drug-likeness (QED) is 0.563. The van der Waals surface area contributed by atoms with Crippen LogP contribution >= 0.6 is 7.14 Å². The van der Waals surface area contributed by atoms with Gasteiger partial charge in [0.25, 0.3) is 0 Å². The predicted molar refractivity (Wildman–Crippen MR) is 70.9 cm³/mol. The zero-order chi connectivity index (χ0) is 11.8. The van der Waals surface area contributed by atoms with Crippen molar-refractivity contribution >= 4 is 12.4 Å². The van der Waals surface area contributed by atoms with Crippen LogP contribution in [0.2, 0.25) is 0 Å². The lowest BCUT2D eigenvalue weighted by Gasteiger charge is -2.26. The second-order valence-corrected chi connectivity index (χ2v) is 7.98. The number of hydrogen-bond acceptors (Lipinski definition) is 1. The van der Waals surface area contributed by atoms with E-state index in [1.807, 2.05) is 30.3 Å². The van der Waals surface area contributed by atoms with Crippen molar-refractivity contribution in [3.05, 3.63) is 42.0 Å². The Hall–Kier alpha value is -0.810. The van der Waals surface area contributed by atoms with Crippen LogP contribution in [0.15, 0.2) is 42.0 Å². The summed E-state index contributed by atoms with van der Waals surface area (Å²) >= 11 is 0. The van der Waals surface area contributed by atoms with Crippen molar-refractivity contribution in [3.63, 3.8) is 0 Å². The summed E-state index contributed by atoms with van der Waals surface area (Å²) < 4.78 is 13.1. The number of benzene rings is 1. The maximum atomic E-state index is 13.1. The van der Waals surface area contributed by atoms with Crippen LogP contribution in [0.3, 0.4) is 0 Å². The van der Waals surface area contributed by atoms with E-state index in [-0.39, 0.29) is 5.66 Å². The van der Waals surface area contributed by atoms with E-state index >= 15 is 0 Å². The van der Waals surface area contributed by atoms with Crippen molar-refractivity contribution in [1.29, 1.82) is 0 Å². The molecule has 0 unspecified atom stereocenters. The molecule has 16 heavy (non-hydrogen) atoms. The average molecular weight is 234 g/mol. The third kappa shape index (κ3) is 1.78. The molecule has 0 fully saturated rings. The molecule has 0 bridgehead atoms. The lowest BCUT2D eigenvalue weighted by atomic mass is 10.0. The van der Waals surface area contributed by atoms with Gasteiger partial charge in [0.1, 0.15) is 7.14 Å². The first-order valence-electron chi connectivity index (χ1n) is 5.86. The van der Waals surface area contributed by atoms with Crippen molar-refractivity contribution < 1.29 is 4.57 Å². The smallest absolute Gasteiger partial charge is 0.126 e. The largest absolute Gasteiger partial charge is 0.318 e. The van der Waals surface area contributed by atoms with Gasteiger partial charge in [0, 0.05) is 17.1 Å². The second kappa shape index (κ2) is 4.22. The van der Waals surface area contributed by atoms with Gasteiger partial charge in [-0.05, 0) is 12.8 Å². The average Bonchev–Trinajstić information content (AvgIpc) is 2.57. The standard InChI is InChI=1S/C14H19OP/c1-11(2)14-12(3)9-10-16(14,15)13-7-5-4-6-8-13/h4-9,11,14H,10H2,1-3H3/t14-,16-/m0/s1. The molecule has 1 aromatic rings. The molecule has 86 valence electrons. The third-order valence-corrected chi connectivity index (χ3v) is 7.22. The first-order chi connectivity index (χ1) is 7.55. The zero-order valence-electron chi connectivity index (χ0n) is 10.2. The first kappa shape index (κ1) is 11.7. The molecule has 0 N–H and O–H groups in total. The van der Waals surface area contributed by atoms with E-state index in [1.54, 1.807) is 0 Å². The highest BCUT2D eigenvalue weighted by atomic mass is 31.2. The molecule has 2 rings (SSSR count). The van der Waals surface area contributed by atoms with Crippen LogP contribution in [-0.4, -0.2) is 11.8 Å². The van der Waals surface area contributed by atoms with Crippen LogP contribution < -0.4 is 5.30 Å². The molecule has 1 aromatic carbocycles. The molecule has 0 saturated heterocycles. The Morgan fingerprint density at radius 3 is 2.44 bits per heavy atom. The monoisotopic (exact) mass is 234 g/mol. The molecule has 1 aliphatic rings. The van der Waals surface area contributed by atoms with E-state index < -0.39 is 7.14 Å². The molecule has 0 aliphatic carbocycles. The highest BCUT2D eigenvalue weighted by Gasteiger charge is 2.40. The Labute approximate surface area is 97.9 Å². The van der Waals surface area contributed by atoms with Crippen LogP contribution in [0, 0.1) is 5.92 Å². The summed E-state index contributed by atoms with van der Waals surface area (Å²) in [4.78, 5) is 0. The van der Waals surface area contributed by atoms with Crippen molar-refractivity contribution in [2.24, 2.45) is 5.92 Å². The molecule has 0 spiro atoms. The minimum Gasteiger partial charge on any atom is -0.318 e. The molecule has 0 aromatic heterocycles. The van der Waals surface area contributed by atoms with Gasteiger partial charge in [-0.15, -0.1) is 0 Å². The van der Waals surface area contributed by atoms with Gasteiger partial charge >= 0.3 is 0 Å². The summed E-state index contributed by atoms with van der Waals surface area (Å²) in [5.41, 5.74) is 1.55. The lowest BCUT2D eigenvalue weighted by Crippen LogP contribution is -2.21. The molecule has 1 aliphatic heterocycles. The van der Waals surface area contributed by atoms with Crippen molar-refractivity contribution in [2.45, 2.75) is 26.4 Å². The summed E-state index contributed by atoms with van der Waals surface area (Å²) in [6.07, 6.45) is 2.91. The molecule has 2 atom stereocenters. The van der Waals surface area contributed by atoms with Gasteiger partial charge in [-0.2, -0.15) is 0 Å². The maximum absolute atomic E-state index is 13.1. The SMILES string of the molecule is CC1=CC[P@](=O)(c2ccccc2)[C@H]1C(C)C. The Bertz CT molecular complexity index is 445. The highest BCUT2D eigenvalue weighted by Crippen LogP contribution is 2.58. The van der Waals surface area contributed by atoms with Crippen LogP contribution in [0.4, 0.5) is 0 Å². The highest BCUT2D eigenvalue weighted by molar-refractivity contribution is 7.73. The van der Waals surface area contributed by atoms with Crippen LogP contribution in [0.1, 0.15) is 20.8 Å². The van der Waals surface area contributed by atoms with Crippen LogP contribution in [0.5, 0.6) is 0 Å². The second-order valence-electron chi connectivity index (χ2n) is 4.95. The summed E-state index contributed by atoms with van der Waals surface area (Å²) in [6, 6.07) is 9.99. The van der Waals surface area contributed by atoms with Gasteiger partial charge in [-0.1, -0.05) is 55.8 Å². The Kier molecular flexibility index (Phi) is 3.08. The minimum atomic E-state index is -2.24. The van der Waals surface area contributed by atoms with Crippen molar-refractivity contribution in [1.82, 2.24) is 0 Å². The maximum Gasteiger partial charge on any atom is 0.126 e. The van der Waals surface area contributed by atoms with E-state index in [4.69, 9.17) is 0 Å². The normalized spacial score (nSPS) is 29.5. The predicted octanol–water partition coefficient (Wildman–Crippen LogP) is 3.66. The minimum absolute atomic E-state index is 0.245. The van der Waals surface area contributed by atoms with E-state index in [9.17, 15) is 4.57 Å². The third-order valence-electron chi connectivity index (χ3n) is 3.43. The number of rotatable bonds is 2. The van der Waals surface area contributed by atoms with Gasteiger partial charge in [-0.25, -0.2) is 0 Å². The van der Waals surface area contributed by atoms with Crippen molar-refractivity contribution in [2.75, 3.05) is 6.16 Å². The molecule has 0 saturated carbocycles. The molecular formula is C14H19OP. The Morgan fingerprint density at radius 2 is 1.88 bits per heavy atom. The fourth-order valence-electron chi connectivity index (χ4n) is 2.80. The topological polar surface area (TPSA) is 17.1 Å². The zero-order valence-corrected chi connectivity index (χ0v) is 11.1. The van der Waals surface area contributed by atoms with E-state index in [0.29, 0.717) is 5.92 Å². The first-order valence-corrected chi connectivity index (χ1v) is 7.83. The summed E-state index contributed by atoms with van der Waals surface area (Å²) in [6.45, 7) is 6.46. The van der Waals surface area contributed by atoms with Crippen LogP contribution in [-0.2, 0) is 4.57 Å². The van der Waals surface area contributed by atoms with E-state index in [1.165, 1.54) is 5.57 Å². The number of hydrogen-bond donors (Lipinski definition) is 0. The fourth-order valence-corrected chi connectivity index (χ4v) is 6.52.